The molecule has 0 saturated heterocycles. The fraction of sp³-hybridized carbons (Fsp3) is 0.294. The molecular formula is C17H19BrFN. The first kappa shape index (κ1) is 15.0. The van der Waals surface area contributed by atoms with Crippen LogP contribution in [0.2, 0.25) is 0 Å². The van der Waals surface area contributed by atoms with E-state index in [0.29, 0.717) is 11.5 Å². The first-order chi connectivity index (χ1) is 9.47. The molecule has 0 aliphatic heterocycles. The zero-order valence-electron chi connectivity index (χ0n) is 12.0. The zero-order valence-corrected chi connectivity index (χ0v) is 13.5. The fourth-order valence-electron chi connectivity index (χ4n) is 2.17. The van der Waals surface area contributed by atoms with E-state index in [1.807, 2.05) is 31.2 Å². The molecule has 1 unspecified atom stereocenters. The normalized spacial score (nSPS) is 12.5. The molecule has 0 heterocycles. The Hall–Kier alpha value is -1.35. The Balaban J connectivity index is 2.19. The molecule has 2 rings (SSSR count). The van der Waals surface area contributed by atoms with Gasteiger partial charge in [-0.15, -0.1) is 0 Å². The van der Waals surface area contributed by atoms with Crippen molar-refractivity contribution in [1.29, 1.82) is 0 Å². The largest absolute Gasteiger partial charge is 0.378 e. The maximum atomic E-state index is 13.9. The van der Waals surface area contributed by atoms with E-state index in [0.717, 1.165) is 10.2 Å². The standard InChI is InChI=1S/C17H19BrFN/c1-11(2)13-5-4-6-15(9-13)20-12(3)16-8-7-14(18)10-17(16)19/h4-12,20H,1-3H3. The summed E-state index contributed by atoms with van der Waals surface area (Å²) in [4.78, 5) is 0. The summed E-state index contributed by atoms with van der Waals surface area (Å²) in [6.45, 7) is 6.29. The van der Waals surface area contributed by atoms with Crippen molar-refractivity contribution in [2.75, 3.05) is 5.32 Å². The smallest absolute Gasteiger partial charge is 0.129 e. The summed E-state index contributed by atoms with van der Waals surface area (Å²) in [6.07, 6.45) is 0. The molecule has 0 aliphatic rings. The van der Waals surface area contributed by atoms with Gasteiger partial charge in [0.1, 0.15) is 5.82 Å². The fourth-order valence-corrected chi connectivity index (χ4v) is 2.50. The second-order valence-electron chi connectivity index (χ2n) is 5.31. The molecule has 0 aliphatic carbocycles. The third-order valence-electron chi connectivity index (χ3n) is 3.37. The Labute approximate surface area is 128 Å². The maximum Gasteiger partial charge on any atom is 0.129 e. The molecule has 0 fully saturated rings. The summed E-state index contributed by atoms with van der Waals surface area (Å²) < 4.78 is 14.7. The lowest BCUT2D eigenvalue weighted by atomic mass is 10.0. The van der Waals surface area contributed by atoms with Crippen molar-refractivity contribution >= 4 is 21.6 Å². The number of halogens is 2. The van der Waals surface area contributed by atoms with Crippen LogP contribution in [0.15, 0.2) is 46.9 Å². The van der Waals surface area contributed by atoms with Gasteiger partial charge in [0.05, 0.1) is 6.04 Å². The molecule has 106 valence electrons. The first-order valence-electron chi connectivity index (χ1n) is 6.79. The Morgan fingerprint density at radius 1 is 1.05 bits per heavy atom. The number of anilines is 1. The Morgan fingerprint density at radius 2 is 1.80 bits per heavy atom. The van der Waals surface area contributed by atoms with E-state index in [4.69, 9.17) is 0 Å². The van der Waals surface area contributed by atoms with Crippen LogP contribution in [-0.2, 0) is 0 Å². The minimum absolute atomic E-state index is 0.0782. The Kier molecular flexibility index (Phi) is 4.81. The van der Waals surface area contributed by atoms with Crippen molar-refractivity contribution in [2.45, 2.75) is 32.7 Å². The summed E-state index contributed by atoms with van der Waals surface area (Å²) in [6, 6.07) is 13.4. The van der Waals surface area contributed by atoms with Crippen LogP contribution in [0, 0.1) is 5.82 Å². The minimum atomic E-state index is -0.195. The van der Waals surface area contributed by atoms with Gasteiger partial charge in [-0.2, -0.15) is 0 Å². The number of hydrogen-bond donors (Lipinski definition) is 1. The van der Waals surface area contributed by atoms with Crippen LogP contribution >= 0.6 is 15.9 Å². The van der Waals surface area contributed by atoms with Gasteiger partial charge in [0.25, 0.3) is 0 Å². The van der Waals surface area contributed by atoms with Crippen LogP contribution < -0.4 is 5.32 Å². The van der Waals surface area contributed by atoms with Gasteiger partial charge in [-0.05, 0) is 42.7 Å². The lowest BCUT2D eigenvalue weighted by Gasteiger charge is -2.18. The lowest BCUT2D eigenvalue weighted by Crippen LogP contribution is -2.08. The van der Waals surface area contributed by atoms with Gasteiger partial charge in [0.15, 0.2) is 0 Å². The SMILES string of the molecule is CC(C)c1cccc(NC(C)c2ccc(Br)cc2F)c1. The number of hydrogen-bond acceptors (Lipinski definition) is 1. The third-order valence-corrected chi connectivity index (χ3v) is 3.86. The van der Waals surface area contributed by atoms with E-state index in [1.165, 1.54) is 11.6 Å². The van der Waals surface area contributed by atoms with Gasteiger partial charge >= 0.3 is 0 Å². The first-order valence-corrected chi connectivity index (χ1v) is 7.58. The number of benzene rings is 2. The zero-order chi connectivity index (χ0) is 14.7. The lowest BCUT2D eigenvalue weighted by molar-refractivity contribution is 0.599. The Bertz CT molecular complexity index is 595. The quantitative estimate of drug-likeness (QED) is 0.735. The second kappa shape index (κ2) is 6.40. The van der Waals surface area contributed by atoms with Crippen LogP contribution in [-0.4, -0.2) is 0 Å². The summed E-state index contributed by atoms with van der Waals surface area (Å²) in [5, 5.41) is 3.36. The van der Waals surface area contributed by atoms with Gasteiger partial charge in [0.2, 0.25) is 0 Å². The van der Waals surface area contributed by atoms with Crippen LogP contribution in [0.25, 0.3) is 0 Å². The molecule has 0 amide bonds. The van der Waals surface area contributed by atoms with E-state index in [-0.39, 0.29) is 11.9 Å². The second-order valence-corrected chi connectivity index (χ2v) is 6.23. The molecule has 2 aromatic rings. The van der Waals surface area contributed by atoms with Crippen LogP contribution in [0.4, 0.5) is 10.1 Å². The topological polar surface area (TPSA) is 12.0 Å². The molecule has 20 heavy (non-hydrogen) atoms. The Morgan fingerprint density at radius 3 is 2.45 bits per heavy atom. The third kappa shape index (κ3) is 3.60. The van der Waals surface area contributed by atoms with Gasteiger partial charge < -0.3 is 5.32 Å². The van der Waals surface area contributed by atoms with E-state index in [1.54, 1.807) is 0 Å². The highest BCUT2D eigenvalue weighted by Gasteiger charge is 2.11. The maximum absolute atomic E-state index is 13.9. The molecule has 0 bridgehead atoms. The molecule has 1 N–H and O–H groups in total. The minimum Gasteiger partial charge on any atom is -0.378 e. The molecule has 3 heteroatoms. The van der Waals surface area contributed by atoms with E-state index in [2.05, 4.69) is 47.2 Å². The van der Waals surface area contributed by atoms with Crippen molar-refractivity contribution in [3.8, 4) is 0 Å². The van der Waals surface area contributed by atoms with Crippen LogP contribution in [0.1, 0.15) is 43.9 Å². The number of nitrogens with one attached hydrogen (secondary N) is 1. The average molecular weight is 336 g/mol. The van der Waals surface area contributed by atoms with Crippen molar-refractivity contribution in [1.82, 2.24) is 0 Å². The van der Waals surface area contributed by atoms with Gasteiger partial charge in [0, 0.05) is 15.7 Å². The van der Waals surface area contributed by atoms with Crippen molar-refractivity contribution in [3.63, 3.8) is 0 Å². The van der Waals surface area contributed by atoms with Gasteiger partial charge in [-0.25, -0.2) is 4.39 Å². The van der Waals surface area contributed by atoms with Crippen LogP contribution in [0.5, 0.6) is 0 Å². The van der Waals surface area contributed by atoms with Crippen molar-refractivity contribution < 1.29 is 4.39 Å². The van der Waals surface area contributed by atoms with E-state index < -0.39 is 0 Å². The van der Waals surface area contributed by atoms with Crippen molar-refractivity contribution in [2.24, 2.45) is 0 Å². The highest BCUT2D eigenvalue weighted by atomic mass is 79.9. The van der Waals surface area contributed by atoms with Crippen molar-refractivity contribution in [3.05, 3.63) is 63.9 Å². The van der Waals surface area contributed by atoms with Gasteiger partial charge in [-0.3, -0.25) is 0 Å². The van der Waals surface area contributed by atoms with E-state index in [9.17, 15) is 4.39 Å². The molecule has 1 nitrogen and oxygen atoms in total. The van der Waals surface area contributed by atoms with E-state index >= 15 is 0 Å². The molecule has 1 atom stereocenters. The number of rotatable bonds is 4. The molecule has 0 saturated carbocycles. The van der Waals surface area contributed by atoms with Gasteiger partial charge in [-0.1, -0.05) is 48.0 Å². The van der Waals surface area contributed by atoms with Crippen LogP contribution in [0.3, 0.4) is 0 Å². The summed E-state index contributed by atoms with van der Waals surface area (Å²) in [7, 11) is 0. The highest BCUT2D eigenvalue weighted by Crippen LogP contribution is 2.25. The predicted molar refractivity (Wildman–Crippen MR) is 86.7 cm³/mol. The predicted octanol–water partition coefficient (Wildman–Crippen LogP) is 5.88. The average Bonchev–Trinajstić information content (AvgIpc) is 2.38. The molecule has 0 radical (unpaired) electrons. The molecule has 0 spiro atoms. The summed E-state index contributed by atoms with van der Waals surface area (Å²) >= 11 is 3.28. The summed E-state index contributed by atoms with van der Waals surface area (Å²) in [5.41, 5.74) is 2.97. The molecular weight excluding hydrogens is 317 g/mol. The monoisotopic (exact) mass is 335 g/mol. The highest BCUT2D eigenvalue weighted by molar-refractivity contribution is 9.10. The molecule has 0 aromatic heterocycles. The summed E-state index contributed by atoms with van der Waals surface area (Å²) in [5.74, 6) is 0.288. The molecule has 2 aromatic carbocycles.